The zero-order valence-electron chi connectivity index (χ0n) is 47.4. The van der Waals surface area contributed by atoms with Gasteiger partial charge in [0.25, 0.3) is 0 Å². The predicted octanol–water partition coefficient (Wildman–Crippen LogP) is 0.679. The van der Waals surface area contributed by atoms with Crippen LogP contribution in [0, 0.1) is 0 Å². The van der Waals surface area contributed by atoms with Gasteiger partial charge in [0, 0.05) is 51.7 Å². The Balaban J connectivity index is 2.09. The summed E-state index contributed by atoms with van der Waals surface area (Å²) in [4.78, 5) is 120. The molecule has 0 saturated carbocycles. The molecule has 32 heteroatoms. The number of carbonyl (C=O) groups excluding carboxylic acids is 7. The van der Waals surface area contributed by atoms with Crippen LogP contribution in [0.2, 0.25) is 0 Å². The number of H-pyrrole nitrogens is 1. The van der Waals surface area contributed by atoms with Crippen molar-refractivity contribution < 1.29 is 90.6 Å². The van der Waals surface area contributed by atoms with Crippen molar-refractivity contribution in [2.45, 2.75) is 172 Å². The minimum absolute atomic E-state index is 0.000985. The lowest BCUT2D eigenvalue weighted by atomic mass is 10.0. The summed E-state index contributed by atoms with van der Waals surface area (Å²) >= 11 is 3.02. The Morgan fingerprint density at radius 3 is 1.39 bits per heavy atom. The highest BCUT2D eigenvalue weighted by Crippen LogP contribution is 2.14. The first-order valence-electron chi connectivity index (χ1n) is 28.3. The van der Waals surface area contributed by atoms with Crippen LogP contribution >= 0.6 is 15.9 Å². The number of hydrogen-bond donors (Lipinski definition) is 11. The summed E-state index contributed by atoms with van der Waals surface area (Å²) in [6.07, 6.45) is 14.7. The summed E-state index contributed by atoms with van der Waals surface area (Å²) in [7, 11) is -3.89. The van der Waals surface area contributed by atoms with Crippen LogP contribution in [-0.2, 0) is 83.3 Å². The van der Waals surface area contributed by atoms with Gasteiger partial charge in [-0.05, 0) is 51.4 Å². The summed E-state index contributed by atoms with van der Waals surface area (Å²) < 4.78 is 47.8. The number of hydrogen-bond acceptors (Lipinski definition) is 19. The van der Waals surface area contributed by atoms with Gasteiger partial charge in [0.15, 0.2) is 5.82 Å². The number of carbonyl (C=O) groups is 10. The number of alkyl halides is 1. The highest BCUT2D eigenvalue weighted by molar-refractivity contribution is 9.09. The van der Waals surface area contributed by atoms with Crippen LogP contribution in [0.15, 0.2) is 0 Å². The van der Waals surface area contributed by atoms with Crippen LogP contribution in [0.5, 0.6) is 0 Å². The van der Waals surface area contributed by atoms with E-state index in [1.165, 1.54) is 44.9 Å². The van der Waals surface area contributed by atoms with Crippen molar-refractivity contribution in [3.05, 3.63) is 5.82 Å². The van der Waals surface area contributed by atoms with Crippen LogP contribution < -0.4 is 36.6 Å². The van der Waals surface area contributed by atoms with E-state index in [-0.39, 0.29) is 102 Å². The van der Waals surface area contributed by atoms with Gasteiger partial charge < -0.3 is 66.2 Å². The van der Waals surface area contributed by atoms with Gasteiger partial charge in [-0.3, -0.25) is 38.3 Å². The van der Waals surface area contributed by atoms with Crippen molar-refractivity contribution >= 4 is 85.2 Å². The third-order valence-electron chi connectivity index (χ3n) is 12.2. The number of nitrogens with one attached hydrogen (secondary N) is 8. The molecular weight excluding hydrogens is 1180 g/mol. The molecule has 0 spiro atoms. The SMILES string of the molecule is O=C(CBr)NCCCC[C@H](NC(=O)COCCOCCNC(=O)CC[C@H](NC(=O)CC[C@H](NC(=O)COCCOCCNC(=O)CCCS(=O)(=O)NC(=O)CCCCCCCCCCCCCCCc1nn[nH]n1)C(=O)O)C(=O)O)C(=O)O. The van der Waals surface area contributed by atoms with E-state index < -0.39 is 113 Å². The fourth-order valence-electron chi connectivity index (χ4n) is 7.78. The lowest BCUT2D eigenvalue weighted by molar-refractivity contribution is -0.144. The van der Waals surface area contributed by atoms with Gasteiger partial charge in [-0.2, -0.15) is 5.21 Å². The van der Waals surface area contributed by atoms with Crippen LogP contribution in [0.1, 0.15) is 154 Å². The standard InChI is InChI=1S/C51H88BrN11O19S/c52-35-46(68)53-25-15-14-17-38(49(71)72)57-47(69)36-81-32-31-80-29-27-55-43(65)23-21-39(50(73)74)56-44(66)24-22-40(51(75)76)58-48(70)37-82-33-30-79-28-26-54-42(64)20-16-34-83(77,78)61-45(67)19-13-11-9-7-5-3-1-2-4-6-8-10-12-18-41-59-62-63-60-41/h38-40H,1-37H2,(H,53,68)(H,54,64)(H,55,65)(H,56,66)(H,57,69)(H,58,70)(H,61,67)(H,71,72)(H,73,74)(H,75,76)(H,59,60,62,63)/t38-,39-,40-/m0/s1. The van der Waals surface area contributed by atoms with Crippen molar-refractivity contribution in [3.63, 3.8) is 0 Å². The Labute approximate surface area is 492 Å². The van der Waals surface area contributed by atoms with Crippen LogP contribution in [0.3, 0.4) is 0 Å². The highest BCUT2D eigenvalue weighted by atomic mass is 79.9. The number of aliphatic carboxylic acids is 3. The summed E-state index contributed by atoms with van der Waals surface area (Å²) in [5, 5.41) is 57.2. The molecule has 0 saturated heterocycles. The second-order valence-electron chi connectivity index (χ2n) is 19.3. The molecule has 30 nitrogen and oxygen atoms in total. The first kappa shape index (κ1) is 75.1. The van der Waals surface area contributed by atoms with Gasteiger partial charge in [-0.15, -0.1) is 10.2 Å². The molecule has 3 atom stereocenters. The average molecular weight is 1270 g/mol. The molecule has 11 N–H and O–H groups in total. The molecule has 1 aromatic heterocycles. The van der Waals surface area contributed by atoms with Crippen LogP contribution in [-0.4, -0.2) is 205 Å². The minimum atomic E-state index is -3.89. The molecule has 7 amide bonds. The third-order valence-corrected chi connectivity index (χ3v) is 14.1. The molecule has 83 heavy (non-hydrogen) atoms. The Hall–Kier alpha value is -5.96. The number of carboxylic acids is 3. The quantitative estimate of drug-likeness (QED) is 0.0315. The van der Waals surface area contributed by atoms with Gasteiger partial charge in [0.2, 0.25) is 51.4 Å². The molecule has 1 heterocycles. The Kier molecular flexibility index (Phi) is 43.8. The summed E-state index contributed by atoms with van der Waals surface area (Å²) in [6, 6.07) is -4.13. The number of ether oxygens (including phenoxy) is 4. The van der Waals surface area contributed by atoms with E-state index in [1.807, 2.05) is 0 Å². The summed E-state index contributed by atoms with van der Waals surface area (Å²) in [6.45, 7) is -0.429. The molecule has 0 bridgehead atoms. The van der Waals surface area contributed by atoms with Crippen molar-refractivity contribution in [1.29, 1.82) is 0 Å². The van der Waals surface area contributed by atoms with Crippen molar-refractivity contribution in [3.8, 4) is 0 Å². The second kappa shape index (κ2) is 48.4. The zero-order valence-corrected chi connectivity index (χ0v) is 49.8. The van der Waals surface area contributed by atoms with Gasteiger partial charge >= 0.3 is 17.9 Å². The maximum atomic E-state index is 12.5. The van der Waals surface area contributed by atoms with Crippen molar-refractivity contribution in [2.75, 3.05) is 83.6 Å². The van der Waals surface area contributed by atoms with E-state index >= 15 is 0 Å². The Morgan fingerprint density at radius 2 is 0.892 bits per heavy atom. The normalized spacial score (nSPS) is 12.3. The molecule has 1 rings (SSSR count). The van der Waals surface area contributed by atoms with Crippen LogP contribution in [0.25, 0.3) is 0 Å². The first-order chi connectivity index (χ1) is 39.8. The molecule has 0 fully saturated rings. The number of aromatic amines is 1. The molecular formula is C51H88BrN11O19S. The number of unbranched alkanes of at least 4 members (excludes halogenated alkanes) is 13. The predicted molar refractivity (Wildman–Crippen MR) is 301 cm³/mol. The summed E-state index contributed by atoms with van der Waals surface area (Å²) in [5.74, 6) is -7.76. The largest absolute Gasteiger partial charge is 0.480 e. The number of halogens is 1. The van der Waals surface area contributed by atoms with E-state index in [9.17, 15) is 71.7 Å². The number of amides is 7. The Morgan fingerprint density at radius 1 is 0.458 bits per heavy atom. The zero-order chi connectivity index (χ0) is 61.4. The lowest BCUT2D eigenvalue weighted by Crippen LogP contribution is -2.45. The van der Waals surface area contributed by atoms with E-state index in [0.717, 1.165) is 44.3 Å². The van der Waals surface area contributed by atoms with Crippen molar-refractivity contribution in [1.82, 2.24) is 57.2 Å². The monoisotopic (exact) mass is 1270 g/mol. The molecule has 0 aliphatic rings. The maximum Gasteiger partial charge on any atom is 0.326 e. The van der Waals surface area contributed by atoms with E-state index in [2.05, 4.69) is 73.2 Å². The maximum absolute atomic E-state index is 12.5. The number of rotatable bonds is 55. The highest BCUT2D eigenvalue weighted by Gasteiger charge is 2.25. The number of aromatic nitrogens is 4. The topological polar surface area (TPSA) is 441 Å². The molecule has 474 valence electrons. The molecule has 0 aromatic carbocycles. The van der Waals surface area contributed by atoms with E-state index in [1.54, 1.807) is 0 Å². The van der Waals surface area contributed by atoms with Gasteiger partial charge in [-0.25, -0.2) is 22.8 Å². The van der Waals surface area contributed by atoms with E-state index in [4.69, 9.17) is 18.9 Å². The molecule has 0 aliphatic heterocycles. The number of aryl methyl sites for hydroxylation is 1. The Bertz CT molecular complexity index is 2170. The molecule has 0 unspecified atom stereocenters. The van der Waals surface area contributed by atoms with E-state index in [0.29, 0.717) is 25.8 Å². The van der Waals surface area contributed by atoms with Crippen LogP contribution in [0.4, 0.5) is 0 Å². The summed E-state index contributed by atoms with van der Waals surface area (Å²) in [5.41, 5.74) is 0. The fourth-order valence-corrected chi connectivity index (χ4v) is 9.06. The lowest BCUT2D eigenvalue weighted by Gasteiger charge is -2.17. The number of tetrazole rings is 1. The average Bonchev–Trinajstić information content (AvgIpc) is 3.97. The number of carboxylic acid groups (broad SMARTS) is 3. The number of nitrogens with zero attached hydrogens (tertiary/aromatic N) is 3. The van der Waals surface area contributed by atoms with Gasteiger partial charge in [0.1, 0.15) is 31.3 Å². The minimum Gasteiger partial charge on any atom is -0.480 e. The number of sulfonamides is 1. The van der Waals surface area contributed by atoms with Gasteiger partial charge in [-0.1, -0.05) is 91.8 Å². The third kappa shape index (κ3) is 44.3. The van der Waals surface area contributed by atoms with Crippen molar-refractivity contribution in [2.24, 2.45) is 0 Å². The molecule has 0 aliphatic carbocycles. The molecule has 1 aromatic rings. The molecule has 0 radical (unpaired) electrons. The first-order valence-corrected chi connectivity index (χ1v) is 31.1. The second-order valence-corrected chi connectivity index (χ2v) is 21.7. The fraction of sp³-hybridized carbons (Fsp3) is 0.784. The smallest absolute Gasteiger partial charge is 0.326 e. The van der Waals surface area contributed by atoms with Gasteiger partial charge in [0.05, 0.1) is 50.7 Å².